The fourth-order valence-corrected chi connectivity index (χ4v) is 4.49. The van der Waals surface area contributed by atoms with Gasteiger partial charge in [0.05, 0.1) is 16.8 Å². The molecular weight excluding hydrogens is 482 g/mol. The van der Waals surface area contributed by atoms with Crippen molar-refractivity contribution in [2.24, 2.45) is 5.73 Å². The molecule has 0 saturated carbocycles. The van der Waals surface area contributed by atoms with Crippen LogP contribution < -0.4 is 21.3 Å². The molecule has 0 aliphatic carbocycles. The maximum atomic E-state index is 12.8. The quantitative estimate of drug-likeness (QED) is 0.390. The number of nitrogens with two attached hydrogens (primary N) is 1. The third-order valence-corrected chi connectivity index (χ3v) is 6.79. The minimum atomic E-state index is -3.95. The number of amides is 1. The number of carbonyl (C=O) groups excluding carboxylic acids is 1. The summed E-state index contributed by atoms with van der Waals surface area (Å²) in [5.41, 5.74) is 6.25. The molecule has 0 fully saturated rings. The minimum absolute atomic E-state index is 0.00797. The van der Waals surface area contributed by atoms with Crippen LogP contribution in [0.2, 0.25) is 5.02 Å². The van der Waals surface area contributed by atoms with Gasteiger partial charge in [-0.15, -0.1) is 0 Å². The average Bonchev–Trinajstić information content (AvgIpc) is 2.80. The van der Waals surface area contributed by atoms with Gasteiger partial charge in [0.1, 0.15) is 11.9 Å². The highest BCUT2D eigenvalue weighted by Gasteiger charge is 2.23. The Morgan fingerprint density at radius 1 is 1.26 bits per heavy atom. The van der Waals surface area contributed by atoms with Crippen molar-refractivity contribution < 1.29 is 13.2 Å². The van der Waals surface area contributed by atoms with Crippen LogP contribution in [0.25, 0.3) is 0 Å². The van der Waals surface area contributed by atoms with Crippen LogP contribution in [-0.4, -0.2) is 40.6 Å². The molecular formula is C21H24ClN7O4S. The van der Waals surface area contributed by atoms with Crippen LogP contribution in [0.5, 0.6) is 0 Å². The summed E-state index contributed by atoms with van der Waals surface area (Å²) in [6, 6.07) is 7.36. The molecule has 3 rings (SSSR count). The predicted molar refractivity (Wildman–Crippen MR) is 127 cm³/mol. The maximum absolute atomic E-state index is 12.8. The van der Waals surface area contributed by atoms with Gasteiger partial charge in [0.15, 0.2) is 5.03 Å². The third-order valence-electron chi connectivity index (χ3n) is 4.96. The summed E-state index contributed by atoms with van der Waals surface area (Å²) in [5.74, 6) is -0.615. The molecule has 34 heavy (non-hydrogen) atoms. The van der Waals surface area contributed by atoms with E-state index in [9.17, 15) is 18.0 Å². The lowest BCUT2D eigenvalue weighted by Crippen LogP contribution is -2.36. The molecule has 1 amide bonds. The van der Waals surface area contributed by atoms with Crippen LogP contribution in [0.4, 0.5) is 5.82 Å². The van der Waals surface area contributed by atoms with Crippen molar-refractivity contribution >= 4 is 33.3 Å². The molecule has 3 heterocycles. The summed E-state index contributed by atoms with van der Waals surface area (Å²) in [6.45, 7) is 3.08. The fourth-order valence-electron chi connectivity index (χ4n) is 3.07. The van der Waals surface area contributed by atoms with Gasteiger partial charge in [0.2, 0.25) is 5.91 Å². The molecule has 180 valence electrons. The second kappa shape index (κ2) is 10.8. The Morgan fingerprint density at radius 3 is 2.71 bits per heavy atom. The second-order valence-electron chi connectivity index (χ2n) is 7.38. The number of sulfonamides is 1. The van der Waals surface area contributed by atoms with E-state index in [4.69, 9.17) is 17.3 Å². The molecule has 0 aromatic carbocycles. The van der Waals surface area contributed by atoms with Gasteiger partial charge in [0.25, 0.3) is 15.6 Å². The van der Waals surface area contributed by atoms with E-state index >= 15 is 0 Å². The van der Waals surface area contributed by atoms with Gasteiger partial charge in [-0.25, -0.2) is 22.8 Å². The summed E-state index contributed by atoms with van der Waals surface area (Å²) in [4.78, 5) is 33.5. The number of nitrogens with zero attached hydrogens (tertiary/aromatic N) is 4. The van der Waals surface area contributed by atoms with Gasteiger partial charge < -0.3 is 11.1 Å². The summed E-state index contributed by atoms with van der Waals surface area (Å²) in [7, 11) is -3.95. The van der Waals surface area contributed by atoms with Gasteiger partial charge in [-0.3, -0.25) is 14.6 Å². The molecule has 1 atom stereocenters. The van der Waals surface area contributed by atoms with E-state index in [1.54, 1.807) is 25.3 Å². The maximum Gasteiger partial charge on any atom is 0.273 e. The van der Waals surface area contributed by atoms with E-state index in [0.29, 0.717) is 12.0 Å². The molecule has 1 unspecified atom stereocenters. The molecule has 0 spiro atoms. The zero-order chi connectivity index (χ0) is 24.9. The van der Waals surface area contributed by atoms with Crippen molar-refractivity contribution in [3.8, 4) is 0 Å². The molecule has 0 bridgehead atoms. The lowest BCUT2D eigenvalue weighted by molar-refractivity contribution is -0.119. The fraction of sp³-hybridized carbons (Fsp3) is 0.286. The van der Waals surface area contributed by atoms with E-state index < -0.39 is 27.5 Å². The number of pyridine rings is 2. The highest BCUT2D eigenvalue weighted by molar-refractivity contribution is 7.89. The molecule has 3 aromatic rings. The van der Waals surface area contributed by atoms with Crippen molar-refractivity contribution in [3.05, 3.63) is 74.9 Å². The van der Waals surface area contributed by atoms with E-state index in [0.717, 1.165) is 10.4 Å². The van der Waals surface area contributed by atoms with Crippen LogP contribution >= 0.6 is 11.6 Å². The molecule has 0 radical (unpaired) electrons. The van der Waals surface area contributed by atoms with E-state index in [-0.39, 0.29) is 34.5 Å². The number of carbonyl (C=O) groups is 1. The van der Waals surface area contributed by atoms with E-state index in [2.05, 4.69) is 25.1 Å². The Kier molecular flexibility index (Phi) is 8.10. The lowest BCUT2D eigenvalue weighted by atomic mass is 10.2. The first kappa shape index (κ1) is 25.4. The Bertz CT molecular complexity index is 1350. The van der Waals surface area contributed by atoms with Crippen LogP contribution in [0.3, 0.4) is 0 Å². The predicted octanol–water partition coefficient (Wildman–Crippen LogP) is 1.17. The number of nitrogens with one attached hydrogen (secondary N) is 2. The first-order valence-electron chi connectivity index (χ1n) is 10.3. The highest BCUT2D eigenvalue weighted by Crippen LogP contribution is 2.17. The summed E-state index contributed by atoms with van der Waals surface area (Å²) in [5, 5.41) is 6.32. The van der Waals surface area contributed by atoms with Crippen molar-refractivity contribution in [2.75, 3.05) is 11.9 Å². The van der Waals surface area contributed by atoms with Crippen LogP contribution in [0.1, 0.15) is 29.8 Å². The molecule has 0 aliphatic rings. The Morgan fingerprint density at radius 2 is 2.03 bits per heavy atom. The molecule has 0 saturated heterocycles. The second-order valence-corrected chi connectivity index (χ2v) is 9.47. The zero-order valence-corrected chi connectivity index (χ0v) is 20.1. The number of anilines is 1. The monoisotopic (exact) mass is 505 g/mol. The Balaban J connectivity index is 1.75. The number of hydrogen-bond acceptors (Lipinski definition) is 8. The molecule has 0 aliphatic heterocycles. The van der Waals surface area contributed by atoms with Gasteiger partial charge in [0, 0.05) is 31.4 Å². The van der Waals surface area contributed by atoms with Gasteiger partial charge in [-0.05, 0) is 37.6 Å². The van der Waals surface area contributed by atoms with Crippen molar-refractivity contribution in [3.63, 3.8) is 0 Å². The SMILES string of the molecule is Cc1ccc(NC(=O)C(C)n2ncc(Cl)c(CN)c2=O)nc1S(=O)(=O)NCCc1ccccn1. The first-order valence-corrected chi connectivity index (χ1v) is 12.1. The molecule has 13 heteroatoms. The zero-order valence-electron chi connectivity index (χ0n) is 18.5. The number of aromatic nitrogens is 4. The van der Waals surface area contributed by atoms with Crippen molar-refractivity contribution in [1.29, 1.82) is 0 Å². The van der Waals surface area contributed by atoms with Gasteiger partial charge in [-0.1, -0.05) is 23.7 Å². The lowest BCUT2D eigenvalue weighted by Gasteiger charge is -2.16. The summed E-state index contributed by atoms with van der Waals surface area (Å²) < 4.78 is 29.0. The number of rotatable bonds is 9. The standard InChI is InChI=1S/C21H24ClN7O4S/c1-13-6-7-18(27-19(30)14(2)29-21(31)16(11-23)17(22)12-25-29)28-20(13)34(32,33)26-10-8-15-5-3-4-9-24-15/h3-7,9,12,14,26H,8,10-11,23H2,1-2H3,(H,27,28,30). The first-order chi connectivity index (χ1) is 16.1. The summed E-state index contributed by atoms with van der Waals surface area (Å²) in [6.07, 6.45) is 3.27. The van der Waals surface area contributed by atoms with Crippen LogP contribution in [0, 0.1) is 6.92 Å². The molecule has 4 N–H and O–H groups in total. The van der Waals surface area contributed by atoms with Crippen molar-refractivity contribution in [2.45, 2.75) is 37.9 Å². The van der Waals surface area contributed by atoms with E-state index in [1.807, 2.05) is 6.07 Å². The summed E-state index contributed by atoms with van der Waals surface area (Å²) >= 11 is 5.93. The normalized spacial score (nSPS) is 12.4. The minimum Gasteiger partial charge on any atom is -0.326 e. The van der Waals surface area contributed by atoms with E-state index in [1.165, 1.54) is 25.3 Å². The highest BCUT2D eigenvalue weighted by atomic mass is 35.5. The third kappa shape index (κ3) is 5.83. The molecule has 3 aromatic heterocycles. The number of halogens is 1. The van der Waals surface area contributed by atoms with Crippen molar-refractivity contribution in [1.82, 2.24) is 24.5 Å². The van der Waals surface area contributed by atoms with Gasteiger partial charge >= 0.3 is 0 Å². The van der Waals surface area contributed by atoms with Gasteiger partial charge in [-0.2, -0.15) is 5.10 Å². The Hall–Kier alpha value is -3.19. The van der Waals surface area contributed by atoms with Crippen LogP contribution in [0.15, 0.2) is 52.5 Å². The smallest absolute Gasteiger partial charge is 0.273 e. The average molecular weight is 506 g/mol. The Labute approximate surface area is 201 Å². The van der Waals surface area contributed by atoms with Crippen LogP contribution in [-0.2, 0) is 27.8 Å². The largest absolute Gasteiger partial charge is 0.326 e. The molecule has 11 nitrogen and oxygen atoms in total. The topological polar surface area (TPSA) is 162 Å². The number of aryl methyl sites for hydroxylation is 1. The number of hydrogen-bond donors (Lipinski definition) is 3.